The molecule has 2 aromatic rings. The monoisotopic (exact) mass is 233 g/mol. The molecule has 0 amide bonds. The van der Waals surface area contributed by atoms with E-state index in [0.29, 0.717) is 0 Å². The van der Waals surface area contributed by atoms with Crippen LogP contribution in [0.5, 0.6) is 0 Å². The fourth-order valence-corrected chi connectivity index (χ4v) is 1.76. The second kappa shape index (κ2) is 5.63. The van der Waals surface area contributed by atoms with Crippen molar-refractivity contribution in [1.29, 1.82) is 0 Å². The maximum absolute atomic E-state index is 4.05. The lowest BCUT2D eigenvalue weighted by Gasteiger charge is -2.03. The molecule has 17 heavy (non-hydrogen) atoms. The van der Waals surface area contributed by atoms with Gasteiger partial charge in [-0.05, 0) is 18.6 Å². The molecule has 0 fully saturated rings. The number of nitrogens with one attached hydrogen (secondary N) is 1. The molecule has 0 spiro atoms. The molecule has 0 atom stereocenters. The molecule has 2 rings (SSSR count). The third-order valence-corrected chi connectivity index (χ3v) is 2.84. The average Bonchev–Trinajstić information content (AvgIpc) is 2.94. The Morgan fingerprint density at radius 1 is 1.41 bits per heavy atom. The van der Waals surface area contributed by atoms with E-state index < -0.39 is 0 Å². The zero-order valence-electron chi connectivity index (χ0n) is 10.4. The predicted molar refractivity (Wildman–Crippen MR) is 66.5 cm³/mol. The Balaban J connectivity index is 1.71. The van der Waals surface area contributed by atoms with E-state index in [1.165, 1.54) is 5.56 Å². The molecule has 0 bridgehead atoms. The van der Waals surface area contributed by atoms with Crippen LogP contribution in [0.2, 0.25) is 0 Å². The summed E-state index contributed by atoms with van der Waals surface area (Å²) in [7, 11) is 1.97. The Hall–Kier alpha value is -1.62. The van der Waals surface area contributed by atoms with Crippen LogP contribution < -0.4 is 5.32 Å². The van der Waals surface area contributed by atoms with Gasteiger partial charge in [-0.3, -0.25) is 0 Å². The number of hydrogen-bond donors (Lipinski definition) is 1. The minimum absolute atomic E-state index is 0.908. The van der Waals surface area contributed by atoms with Crippen molar-refractivity contribution in [1.82, 2.24) is 24.6 Å². The molecule has 0 radical (unpaired) electrons. The van der Waals surface area contributed by atoms with Crippen LogP contribution in [0.4, 0.5) is 0 Å². The highest BCUT2D eigenvalue weighted by atomic mass is 15.2. The van der Waals surface area contributed by atoms with E-state index >= 15 is 0 Å². The van der Waals surface area contributed by atoms with Crippen molar-refractivity contribution < 1.29 is 0 Å². The van der Waals surface area contributed by atoms with Crippen LogP contribution in [-0.2, 0) is 26.6 Å². The molecule has 0 aliphatic heterocycles. The molecule has 0 aliphatic rings. The molecule has 0 saturated heterocycles. The molecule has 5 heteroatoms. The van der Waals surface area contributed by atoms with Crippen molar-refractivity contribution in [2.45, 2.75) is 26.4 Å². The molecule has 5 nitrogen and oxygen atoms in total. The standard InChI is InChI=1S/C12H19N5/c1-3-17-7-5-11(9-17)8-13-6-4-12-15-14-10-16(12)2/h5,7,9-10,13H,3-4,6,8H2,1-2H3. The first-order valence-corrected chi connectivity index (χ1v) is 5.98. The van der Waals surface area contributed by atoms with Crippen molar-refractivity contribution >= 4 is 0 Å². The van der Waals surface area contributed by atoms with Gasteiger partial charge in [-0.2, -0.15) is 0 Å². The number of aryl methyl sites for hydroxylation is 2. The Morgan fingerprint density at radius 2 is 2.29 bits per heavy atom. The third kappa shape index (κ3) is 3.17. The van der Waals surface area contributed by atoms with Crippen molar-refractivity contribution in [2.24, 2.45) is 7.05 Å². The van der Waals surface area contributed by atoms with Gasteiger partial charge in [-0.1, -0.05) is 0 Å². The zero-order chi connectivity index (χ0) is 12.1. The normalized spacial score (nSPS) is 10.9. The Bertz CT molecular complexity index is 457. The summed E-state index contributed by atoms with van der Waals surface area (Å²) in [5.74, 6) is 1.02. The zero-order valence-corrected chi connectivity index (χ0v) is 10.4. The van der Waals surface area contributed by atoms with Crippen molar-refractivity contribution in [2.75, 3.05) is 6.54 Å². The highest BCUT2D eigenvalue weighted by Crippen LogP contribution is 2.00. The topological polar surface area (TPSA) is 47.7 Å². The van der Waals surface area contributed by atoms with Crippen LogP contribution in [0.25, 0.3) is 0 Å². The second-order valence-electron chi connectivity index (χ2n) is 4.14. The first-order chi connectivity index (χ1) is 8.29. The van der Waals surface area contributed by atoms with E-state index in [0.717, 1.165) is 31.9 Å². The molecule has 1 N–H and O–H groups in total. The summed E-state index contributed by atoms with van der Waals surface area (Å²) >= 11 is 0. The fraction of sp³-hybridized carbons (Fsp3) is 0.500. The van der Waals surface area contributed by atoms with E-state index in [1.54, 1.807) is 6.33 Å². The van der Waals surface area contributed by atoms with Gasteiger partial charge in [0, 0.05) is 45.5 Å². The smallest absolute Gasteiger partial charge is 0.133 e. The average molecular weight is 233 g/mol. The van der Waals surface area contributed by atoms with Crippen LogP contribution in [0.3, 0.4) is 0 Å². The van der Waals surface area contributed by atoms with Gasteiger partial charge < -0.3 is 14.5 Å². The van der Waals surface area contributed by atoms with Gasteiger partial charge >= 0.3 is 0 Å². The van der Waals surface area contributed by atoms with Crippen LogP contribution in [-0.4, -0.2) is 25.9 Å². The van der Waals surface area contributed by atoms with Crippen molar-refractivity contribution in [3.05, 3.63) is 36.2 Å². The SMILES string of the molecule is CCn1ccc(CNCCc2nncn2C)c1. The lowest BCUT2D eigenvalue weighted by atomic mass is 10.3. The number of nitrogens with zero attached hydrogens (tertiary/aromatic N) is 4. The summed E-state index contributed by atoms with van der Waals surface area (Å²) in [4.78, 5) is 0. The number of aromatic nitrogens is 4. The van der Waals surface area contributed by atoms with Crippen LogP contribution in [0.15, 0.2) is 24.8 Å². The van der Waals surface area contributed by atoms with Gasteiger partial charge in [0.05, 0.1) is 0 Å². The highest BCUT2D eigenvalue weighted by molar-refractivity contribution is 5.09. The van der Waals surface area contributed by atoms with Gasteiger partial charge in [0.15, 0.2) is 0 Å². The lowest BCUT2D eigenvalue weighted by Crippen LogP contribution is -2.17. The van der Waals surface area contributed by atoms with E-state index in [4.69, 9.17) is 0 Å². The van der Waals surface area contributed by atoms with Crippen molar-refractivity contribution in [3.63, 3.8) is 0 Å². The van der Waals surface area contributed by atoms with Crippen molar-refractivity contribution in [3.8, 4) is 0 Å². The largest absolute Gasteiger partial charge is 0.354 e. The number of rotatable bonds is 6. The molecule has 92 valence electrons. The highest BCUT2D eigenvalue weighted by Gasteiger charge is 2.00. The van der Waals surface area contributed by atoms with Gasteiger partial charge in [0.1, 0.15) is 12.2 Å². The summed E-state index contributed by atoms with van der Waals surface area (Å²) in [5.41, 5.74) is 1.32. The van der Waals surface area contributed by atoms with E-state index in [2.05, 4.69) is 45.5 Å². The van der Waals surface area contributed by atoms with Gasteiger partial charge in [-0.15, -0.1) is 10.2 Å². The van der Waals surface area contributed by atoms with Crippen LogP contribution in [0.1, 0.15) is 18.3 Å². The first kappa shape index (κ1) is 11.9. The second-order valence-corrected chi connectivity index (χ2v) is 4.14. The first-order valence-electron chi connectivity index (χ1n) is 5.98. The van der Waals surface area contributed by atoms with E-state index in [9.17, 15) is 0 Å². The maximum atomic E-state index is 4.05. The molecular formula is C12H19N5. The fourth-order valence-electron chi connectivity index (χ4n) is 1.76. The number of hydrogen-bond acceptors (Lipinski definition) is 3. The molecular weight excluding hydrogens is 214 g/mol. The Morgan fingerprint density at radius 3 is 2.94 bits per heavy atom. The molecule has 2 aromatic heterocycles. The van der Waals surface area contributed by atoms with Gasteiger partial charge in [-0.25, -0.2) is 0 Å². The minimum Gasteiger partial charge on any atom is -0.354 e. The molecule has 0 aliphatic carbocycles. The third-order valence-electron chi connectivity index (χ3n) is 2.84. The van der Waals surface area contributed by atoms with E-state index in [1.807, 2.05) is 11.6 Å². The maximum Gasteiger partial charge on any atom is 0.133 e. The predicted octanol–water partition coefficient (Wildman–Crippen LogP) is 0.969. The Labute approximate surface area is 101 Å². The van der Waals surface area contributed by atoms with Crippen LogP contribution >= 0.6 is 0 Å². The van der Waals surface area contributed by atoms with Gasteiger partial charge in [0.2, 0.25) is 0 Å². The minimum atomic E-state index is 0.908. The summed E-state index contributed by atoms with van der Waals surface area (Å²) in [5, 5.41) is 11.3. The molecule has 0 saturated carbocycles. The Kier molecular flexibility index (Phi) is 3.93. The summed E-state index contributed by atoms with van der Waals surface area (Å²) in [6.45, 7) is 5.00. The summed E-state index contributed by atoms with van der Waals surface area (Å²) in [6.07, 6.45) is 6.93. The summed E-state index contributed by atoms with van der Waals surface area (Å²) < 4.78 is 4.13. The molecule has 2 heterocycles. The summed E-state index contributed by atoms with van der Waals surface area (Å²) in [6, 6.07) is 2.15. The molecule has 0 unspecified atom stereocenters. The van der Waals surface area contributed by atoms with E-state index in [-0.39, 0.29) is 0 Å². The quantitative estimate of drug-likeness (QED) is 0.756. The molecule has 0 aromatic carbocycles. The lowest BCUT2D eigenvalue weighted by molar-refractivity contribution is 0.652. The van der Waals surface area contributed by atoms with Gasteiger partial charge in [0.25, 0.3) is 0 Å². The van der Waals surface area contributed by atoms with Crippen LogP contribution in [0, 0.1) is 0 Å².